The van der Waals surface area contributed by atoms with Gasteiger partial charge in [-0.3, -0.25) is 9.59 Å². The lowest BCUT2D eigenvalue weighted by Gasteiger charge is -2.38. The number of nitrogens with zero attached hydrogens (tertiary/aromatic N) is 1. The van der Waals surface area contributed by atoms with Gasteiger partial charge in [0.15, 0.2) is 10.9 Å². The summed E-state index contributed by atoms with van der Waals surface area (Å²) in [4.78, 5) is 35.3. The fraction of sp³-hybridized carbons (Fsp3) is 0.522. The molecule has 0 bridgehead atoms. The first-order valence-corrected chi connectivity index (χ1v) is 12.5. The number of nitrogens with one attached hydrogen (secondary N) is 2. The van der Waals surface area contributed by atoms with E-state index in [1.54, 1.807) is 23.1 Å². The molecule has 3 heterocycles. The van der Waals surface area contributed by atoms with Crippen LogP contribution in [0.1, 0.15) is 74.8 Å². The van der Waals surface area contributed by atoms with Crippen LogP contribution in [0.5, 0.6) is 0 Å². The number of hydrogen-bond donors (Lipinski definition) is 2. The van der Waals surface area contributed by atoms with Gasteiger partial charge < -0.3 is 10.3 Å². The number of allylic oxidation sites excluding steroid dienone is 2. The Hall–Kier alpha value is -1.86. The highest BCUT2D eigenvalue weighted by atomic mass is 32.2. The van der Waals surface area contributed by atoms with Crippen molar-refractivity contribution in [3.63, 3.8) is 0 Å². The third-order valence-corrected chi connectivity index (χ3v) is 7.89. The Morgan fingerprint density at radius 1 is 1.27 bits per heavy atom. The van der Waals surface area contributed by atoms with Gasteiger partial charge in [-0.25, -0.2) is 4.98 Å². The fourth-order valence-corrected chi connectivity index (χ4v) is 6.33. The predicted octanol–water partition coefficient (Wildman–Crippen LogP) is 5.62. The molecule has 0 saturated carbocycles. The summed E-state index contributed by atoms with van der Waals surface area (Å²) < 4.78 is 0. The van der Waals surface area contributed by atoms with Crippen LogP contribution >= 0.6 is 23.1 Å². The van der Waals surface area contributed by atoms with E-state index in [4.69, 9.17) is 4.98 Å². The highest BCUT2D eigenvalue weighted by Crippen LogP contribution is 2.49. The van der Waals surface area contributed by atoms with Crippen LogP contribution in [0, 0.1) is 12.3 Å². The summed E-state index contributed by atoms with van der Waals surface area (Å²) in [5.74, 6) is 1.34. The molecule has 1 aliphatic heterocycles. The first-order chi connectivity index (χ1) is 14.3. The number of aromatic nitrogens is 2. The van der Waals surface area contributed by atoms with Crippen molar-refractivity contribution in [2.24, 2.45) is 5.41 Å². The maximum absolute atomic E-state index is 13.2. The van der Waals surface area contributed by atoms with E-state index in [0.717, 1.165) is 40.3 Å². The van der Waals surface area contributed by atoms with Crippen LogP contribution in [0.15, 0.2) is 32.7 Å². The fourth-order valence-electron chi connectivity index (χ4n) is 4.42. The molecule has 2 aromatic heterocycles. The summed E-state index contributed by atoms with van der Waals surface area (Å²) in [6, 6.07) is 2.05. The molecular formula is C23H29N3O2S2. The molecule has 0 radical (unpaired) electrons. The summed E-state index contributed by atoms with van der Waals surface area (Å²) in [7, 11) is 0. The molecule has 2 aromatic rings. The largest absolute Gasteiger partial charge is 0.343 e. The van der Waals surface area contributed by atoms with Crippen LogP contribution in [0.4, 0.5) is 5.82 Å². The second-order valence-corrected chi connectivity index (χ2v) is 11.1. The molecule has 7 heteroatoms. The van der Waals surface area contributed by atoms with E-state index in [2.05, 4.69) is 37.1 Å². The lowest BCUT2D eigenvalue weighted by atomic mass is 9.70. The van der Waals surface area contributed by atoms with Gasteiger partial charge in [-0.1, -0.05) is 45.4 Å². The first kappa shape index (κ1) is 21.4. The minimum Gasteiger partial charge on any atom is -0.343 e. The zero-order valence-electron chi connectivity index (χ0n) is 18.1. The maximum atomic E-state index is 13.2. The van der Waals surface area contributed by atoms with Gasteiger partial charge in [-0.05, 0) is 42.2 Å². The van der Waals surface area contributed by atoms with Crippen molar-refractivity contribution in [2.75, 3.05) is 11.1 Å². The van der Waals surface area contributed by atoms with Gasteiger partial charge in [-0.15, -0.1) is 11.3 Å². The molecule has 1 unspecified atom stereocenters. The number of aromatic amines is 1. The average Bonchev–Trinajstić information content (AvgIpc) is 3.08. The number of ketones is 1. The SMILES string of the molecule is CCCCCSc1nc2c(c(=O)[nH]1)C(c1sccc1C)C1=C(CC(C)(C)CC1=O)N2. The van der Waals surface area contributed by atoms with E-state index >= 15 is 0 Å². The number of aryl methyl sites for hydroxylation is 1. The number of hydrogen-bond acceptors (Lipinski definition) is 6. The Balaban J connectivity index is 1.80. The van der Waals surface area contributed by atoms with Gasteiger partial charge in [0.2, 0.25) is 0 Å². The number of rotatable bonds is 6. The Kier molecular flexibility index (Phi) is 5.95. The highest BCUT2D eigenvalue weighted by molar-refractivity contribution is 7.99. The van der Waals surface area contributed by atoms with Gasteiger partial charge in [0.25, 0.3) is 5.56 Å². The van der Waals surface area contributed by atoms with Crippen LogP contribution in [-0.2, 0) is 4.79 Å². The lowest BCUT2D eigenvalue weighted by Crippen LogP contribution is -2.36. The third kappa shape index (κ3) is 4.02. The number of unbranched alkanes of at least 4 members (excludes halogenated alkanes) is 2. The lowest BCUT2D eigenvalue weighted by molar-refractivity contribution is -0.118. The van der Waals surface area contributed by atoms with Crippen molar-refractivity contribution in [2.45, 2.75) is 70.9 Å². The maximum Gasteiger partial charge on any atom is 0.257 e. The molecule has 0 aromatic carbocycles. The standard InChI is InChI=1S/C23H29N3O2S2/c1-5-6-7-9-30-22-25-20-18(21(28)26-22)17(19-13(2)8-10-29-19)16-14(24-20)11-23(3,4)12-15(16)27/h8,10,17H,5-7,9,11-12H2,1-4H3,(H2,24,25,26,28). The van der Waals surface area contributed by atoms with Crippen LogP contribution < -0.4 is 10.9 Å². The molecule has 4 rings (SSSR count). The van der Waals surface area contributed by atoms with E-state index in [-0.39, 0.29) is 22.7 Å². The first-order valence-electron chi connectivity index (χ1n) is 10.6. The quantitative estimate of drug-likeness (QED) is 0.344. The molecule has 5 nitrogen and oxygen atoms in total. The molecule has 0 spiro atoms. The van der Waals surface area contributed by atoms with Crippen LogP contribution in [-0.4, -0.2) is 21.5 Å². The van der Waals surface area contributed by atoms with Gasteiger partial charge in [0.1, 0.15) is 5.82 Å². The van der Waals surface area contributed by atoms with E-state index in [1.807, 2.05) is 12.3 Å². The number of thioether (sulfide) groups is 1. The van der Waals surface area contributed by atoms with Gasteiger partial charge >= 0.3 is 0 Å². The topological polar surface area (TPSA) is 74.8 Å². The third-order valence-electron chi connectivity index (χ3n) is 5.85. The number of fused-ring (bicyclic) bond motifs is 1. The molecule has 0 saturated heterocycles. The summed E-state index contributed by atoms with van der Waals surface area (Å²) in [5, 5.41) is 6.08. The van der Waals surface area contributed by atoms with Gasteiger partial charge in [-0.2, -0.15) is 0 Å². The molecule has 2 N–H and O–H groups in total. The predicted molar refractivity (Wildman–Crippen MR) is 125 cm³/mol. The average molecular weight is 444 g/mol. The van der Waals surface area contributed by atoms with Crippen LogP contribution in [0.25, 0.3) is 0 Å². The number of carbonyl (C=O) groups is 1. The van der Waals surface area contributed by atoms with Gasteiger partial charge in [0, 0.05) is 28.3 Å². The Labute approximate surface area is 185 Å². The zero-order valence-corrected chi connectivity index (χ0v) is 19.7. The van der Waals surface area contributed by atoms with E-state index in [1.165, 1.54) is 12.8 Å². The van der Waals surface area contributed by atoms with Crippen molar-refractivity contribution in [3.8, 4) is 0 Å². The van der Waals surface area contributed by atoms with Gasteiger partial charge in [0.05, 0.1) is 11.5 Å². The Morgan fingerprint density at radius 2 is 2.07 bits per heavy atom. The zero-order chi connectivity index (χ0) is 21.5. The van der Waals surface area contributed by atoms with E-state index in [0.29, 0.717) is 23.0 Å². The summed E-state index contributed by atoms with van der Waals surface area (Å²) in [6.07, 6.45) is 4.72. The Bertz CT molecular complexity index is 1060. The van der Waals surface area contributed by atoms with E-state index in [9.17, 15) is 9.59 Å². The number of carbonyl (C=O) groups excluding carboxylic acids is 1. The smallest absolute Gasteiger partial charge is 0.257 e. The molecule has 1 aliphatic carbocycles. The number of thiophene rings is 1. The summed E-state index contributed by atoms with van der Waals surface area (Å²) in [5.41, 5.74) is 3.12. The summed E-state index contributed by atoms with van der Waals surface area (Å²) >= 11 is 3.20. The number of anilines is 1. The molecule has 0 fully saturated rings. The van der Waals surface area contributed by atoms with Crippen molar-refractivity contribution in [1.29, 1.82) is 0 Å². The molecule has 2 aliphatic rings. The second kappa shape index (κ2) is 8.35. The second-order valence-electron chi connectivity index (χ2n) is 9.05. The molecule has 1 atom stereocenters. The molecule has 0 amide bonds. The van der Waals surface area contributed by atoms with Crippen molar-refractivity contribution < 1.29 is 4.79 Å². The molecular weight excluding hydrogens is 414 g/mol. The van der Waals surface area contributed by atoms with Crippen molar-refractivity contribution >= 4 is 34.7 Å². The van der Waals surface area contributed by atoms with E-state index < -0.39 is 0 Å². The van der Waals surface area contributed by atoms with Crippen LogP contribution in [0.3, 0.4) is 0 Å². The minimum absolute atomic E-state index is 0.103. The van der Waals surface area contributed by atoms with Crippen molar-refractivity contribution in [3.05, 3.63) is 49.1 Å². The Morgan fingerprint density at radius 3 is 2.77 bits per heavy atom. The summed E-state index contributed by atoms with van der Waals surface area (Å²) in [6.45, 7) is 8.47. The number of H-pyrrole nitrogens is 1. The highest BCUT2D eigenvalue weighted by Gasteiger charge is 2.43. The van der Waals surface area contributed by atoms with Crippen LogP contribution in [0.2, 0.25) is 0 Å². The van der Waals surface area contributed by atoms with Crippen molar-refractivity contribution in [1.82, 2.24) is 9.97 Å². The molecule has 160 valence electrons. The number of Topliss-reactive ketones (excluding diaryl/α,β-unsaturated/α-hetero) is 1. The molecule has 30 heavy (non-hydrogen) atoms. The monoisotopic (exact) mass is 443 g/mol. The minimum atomic E-state index is -0.338. The normalized spacial score (nSPS) is 20.0.